The van der Waals surface area contributed by atoms with Crippen LogP contribution in [0.15, 0.2) is 29.0 Å². The van der Waals surface area contributed by atoms with Crippen molar-refractivity contribution < 1.29 is 9.52 Å². The minimum Gasteiger partial charge on any atom is -0.460 e. The summed E-state index contributed by atoms with van der Waals surface area (Å²) in [5.74, 6) is 0.934. The maximum atomic E-state index is 9.76. The molecule has 0 aromatic carbocycles. The molecule has 1 unspecified atom stereocenters. The third-order valence-corrected chi connectivity index (χ3v) is 4.24. The van der Waals surface area contributed by atoms with Gasteiger partial charge < -0.3 is 14.4 Å². The fourth-order valence-electron chi connectivity index (χ4n) is 3.31. The monoisotopic (exact) mass is 259 g/mol. The molecule has 2 saturated heterocycles. The molecule has 2 fully saturated rings. The molecular weight excluding hydrogens is 242 g/mol. The van der Waals surface area contributed by atoms with Gasteiger partial charge in [-0.1, -0.05) is 0 Å². The number of hydrogen-bond donors (Lipinski definition) is 1. The van der Waals surface area contributed by atoms with Crippen LogP contribution in [0.3, 0.4) is 0 Å². The van der Waals surface area contributed by atoms with Gasteiger partial charge in [-0.2, -0.15) is 0 Å². The summed E-state index contributed by atoms with van der Waals surface area (Å²) in [5.41, 5.74) is 0.870. The van der Waals surface area contributed by atoms with Crippen LogP contribution >= 0.6 is 0 Å². The SMILES string of the molecule is O[C@@H]1CC2CN(c3nccc4ccoc34)CCN2C1. The third-order valence-electron chi connectivity index (χ3n) is 4.24. The molecule has 2 aromatic heterocycles. The molecule has 100 valence electrons. The Morgan fingerprint density at radius 3 is 3.16 bits per heavy atom. The summed E-state index contributed by atoms with van der Waals surface area (Å²) in [4.78, 5) is 9.15. The van der Waals surface area contributed by atoms with Crippen LogP contribution in [0.25, 0.3) is 11.0 Å². The molecule has 0 spiro atoms. The summed E-state index contributed by atoms with van der Waals surface area (Å²) in [5, 5.41) is 10.9. The van der Waals surface area contributed by atoms with E-state index in [1.54, 1.807) is 6.26 Å². The normalized spacial score (nSPS) is 27.9. The molecule has 2 aromatic rings. The highest BCUT2D eigenvalue weighted by Gasteiger charge is 2.36. The number of fused-ring (bicyclic) bond motifs is 2. The summed E-state index contributed by atoms with van der Waals surface area (Å²) >= 11 is 0. The van der Waals surface area contributed by atoms with Gasteiger partial charge in [0.15, 0.2) is 11.4 Å². The Hall–Kier alpha value is -1.59. The number of furan rings is 1. The maximum Gasteiger partial charge on any atom is 0.176 e. The van der Waals surface area contributed by atoms with E-state index in [-0.39, 0.29) is 6.10 Å². The fourth-order valence-corrected chi connectivity index (χ4v) is 3.31. The second-order valence-electron chi connectivity index (χ2n) is 5.46. The van der Waals surface area contributed by atoms with Crippen LogP contribution in [-0.2, 0) is 0 Å². The van der Waals surface area contributed by atoms with Crippen LogP contribution in [0, 0.1) is 0 Å². The zero-order valence-corrected chi connectivity index (χ0v) is 10.7. The average Bonchev–Trinajstić information content (AvgIpc) is 3.01. The van der Waals surface area contributed by atoms with Gasteiger partial charge in [0.1, 0.15) is 0 Å². The predicted octanol–water partition coefficient (Wildman–Crippen LogP) is 1.08. The van der Waals surface area contributed by atoms with E-state index in [0.717, 1.165) is 49.4 Å². The summed E-state index contributed by atoms with van der Waals surface area (Å²) in [6.45, 7) is 3.66. The molecule has 0 radical (unpaired) electrons. The number of hydrogen-bond acceptors (Lipinski definition) is 5. The second-order valence-corrected chi connectivity index (χ2v) is 5.46. The molecule has 0 aliphatic carbocycles. The molecular formula is C14H17N3O2. The number of aliphatic hydroxyl groups excluding tert-OH is 1. The van der Waals surface area contributed by atoms with Crippen LogP contribution < -0.4 is 4.90 Å². The largest absolute Gasteiger partial charge is 0.460 e. The van der Waals surface area contributed by atoms with Crippen LogP contribution in [0.2, 0.25) is 0 Å². The summed E-state index contributed by atoms with van der Waals surface area (Å²) in [7, 11) is 0. The van der Waals surface area contributed by atoms with Gasteiger partial charge in [0.05, 0.1) is 12.4 Å². The molecule has 4 rings (SSSR count). The molecule has 0 amide bonds. The van der Waals surface area contributed by atoms with E-state index >= 15 is 0 Å². The minimum atomic E-state index is -0.169. The van der Waals surface area contributed by atoms with Gasteiger partial charge in [-0.15, -0.1) is 0 Å². The van der Waals surface area contributed by atoms with Gasteiger partial charge in [0, 0.05) is 43.8 Å². The Morgan fingerprint density at radius 2 is 2.21 bits per heavy atom. The van der Waals surface area contributed by atoms with Crippen LogP contribution in [0.5, 0.6) is 0 Å². The molecule has 2 aliphatic heterocycles. The van der Waals surface area contributed by atoms with Gasteiger partial charge in [-0.25, -0.2) is 4.98 Å². The lowest BCUT2D eigenvalue weighted by Gasteiger charge is -2.37. The lowest BCUT2D eigenvalue weighted by molar-refractivity contribution is 0.173. The number of pyridine rings is 1. The number of piperazine rings is 1. The topological polar surface area (TPSA) is 52.7 Å². The van der Waals surface area contributed by atoms with Crippen molar-refractivity contribution in [3.63, 3.8) is 0 Å². The van der Waals surface area contributed by atoms with Crippen LogP contribution in [-0.4, -0.2) is 53.3 Å². The Balaban J connectivity index is 1.65. The van der Waals surface area contributed by atoms with Crippen molar-refractivity contribution in [3.05, 3.63) is 24.6 Å². The zero-order chi connectivity index (χ0) is 12.8. The molecule has 5 nitrogen and oxygen atoms in total. The number of aromatic nitrogens is 1. The Morgan fingerprint density at radius 1 is 1.26 bits per heavy atom. The molecule has 0 saturated carbocycles. The molecule has 19 heavy (non-hydrogen) atoms. The molecule has 2 aliphatic rings. The summed E-state index contributed by atoms with van der Waals surface area (Å²) in [6, 6.07) is 4.38. The van der Waals surface area contributed by atoms with E-state index in [4.69, 9.17) is 4.42 Å². The highest BCUT2D eigenvalue weighted by molar-refractivity contribution is 5.87. The first-order chi connectivity index (χ1) is 9.31. The molecule has 4 heterocycles. The second kappa shape index (κ2) is 4.21. The first-order valence-electron chi connectivity index (χ1n) is 6.80. The number of aliphatic hydroxyl groups is 1. The number of nitrogens with zero attached hydrogens (tertiary/aromatic N) is 3. The van der Waals surface area contributed by atoms with E-state index in [9.17, 15) is 5.11 Å². The average molecular weight is 259 g/mol. The van der Waals surface area contributed by atoms with E-state index in [0.29, 0.717) is 6.04 Å². The number of anilines is 1. The molecule has 2 atom stereocenters. The smallest absolute Gasteiger partial charge is 0.176 e. The molecule has 1 N–H and O–H groups in total. The van der Waals surface area contributed by atoms with Crippen molar-refractivity contribution in [3.8, 4) is 0 Å². The van der Waals surface area contributed by atoms with Crippen molar-refractivity contribution in [2.45, 2.75) is 18.6 Å². The van der Waals surface area contributed by atoms with E-state index in [2.05, 4.69) is 14.8 Å². The Bertz CT molecular complexity index is 597. The Kier molecular flexibility index (Phi) is 2.50. The summed E-state index contributed by atoms with van der Waals surface area (Å²) < 4.78 is 5.57. The van der Waals surface area contributed by atoms with Crippen molar-refractivity contribution in [2.24, 2.45) is 0 Å². The van der Waals surface area contributed by atoms with Gasteiger partial charge in [0.25, 0.3) is 0 Å². The fraction of sp³-hybridized carbons (Fsp3) is 0.500. The molecule has 5 heteroatoms. The number of rotatable bonds is 1. The van der Waals surface area contributed by atoms with Crippen molar-refractivity contribution in [2.75, 3.05) is 31.1 Å². The van der Waals surface area contributed by atoms with Gasteiger partial charge in [0.2, 0.25) is 0 Å². The standard InChI is InChI=1S/C14H17N3O2/c18-12-7-11-8-17(5-4-16(11)9-12)14-13-10(1-3-15-14)2-6-19-13/h1-3,6,11-12,18H,4-5,7-9H2/t11?,12-/m1/s1. The minimum absolute atomic E-state index is 0.169. The first-order valence-corrected chi connectivity index (χ1v) is 6.80. The maximum absolute atomic E-state index is 9.76. The molecule has 0 bridgehead atoms. The van der Waals surface area contributed by atoms with E-state index in [1.807, 2.05) is 18.3 Å². The van der Waals surface area contributed by atoms with Gasteiger partial charge in [-0.3, -0.25) is 4.90 Å². The van der Waals surface area contributed by atoms with Crippen molar-refractivity contribution in [1.29, 1.82) is 0 Å². The van der Waals surface area contributed by atoms with E-state index < -0.39 is 0 Å². The van der Waals surface area contributed by atoms with Gasteiger partial charge >= 0.3 is 0 Å². The van der Waals surface area contributed by atoms with Crippen molar-refractivity contribution >= 4 is 16.8 Å². The van der Waals surface area contributed by atoms with Crippen LogP contribution in [0.4, 0.5) is 5.82 Å². The van der Waals surface area contributed by atoms with E-state index in [1.165, 1.54) is 0 Å². The van der Waals surface area contributed by atoms with Crippen molar-refractivity contribution in [1.82, 2.24) is 9.88 Å². The Labute approximate surface area is 111 Å². The highest BCUT2D eigenvalue weighted by Crippen LogP contribution is 2.29. The zero-order valence-electron chi connectivity index (χ0n) is 10.7. The quantitative estimate of drug-likeness (QED) is 0.830. The predicted molar refractivity (Wildman–Crippen MR) is 72.2 cm³/mol. The summed E-state index contributed by atoms with van der Waals surface area (Å²) in [6.07, 6.45) is 4.25. The third kappa shape index (κ3) is 1.81. The van der Waals surface area contributed by atoms with Gasteiger partial charge in [-0.05, 0) is 18.6 Å². The first kappa shape index (κ1) is 11.3. The lowest BCUT2D eigenvalue weighted by atomic mass is 10.1. The highest BCUT2D eigenvalue weighted by atomic mass is 16.3. The van der Waals surface area contributed by atoms with Crippen LogP contribution in [0.1, 0.15) is 6.42 Å². The lowest BCUT2D eigenvalue weighted by Crippen LogP contribution is -2.50.